The van der Waals surface area contributed by atoms with E-state index in [0.717, 1.165) is 20.4 Å². The lowest BCUT2D eigenvalue weighted by atomic mass is 10.3. The summed E-state index contributed by atoms with van der Waals surface area (Å²) >= 11 is 0.316. The second kappa shape index (κ2) is 11.9. The zero-order valence-corrected chi connectivity index (χ0v) is 17.0. The Morgan fingerprint density at radius 2 is 1.05 bits per heavy atom. The van der Waals surface area contributed by atoms with Crippen molar-refractivity contribution in [1.29, 1.82) is 0 Å². The third-order valence-electron chi connectivity index (χ3n) is 3.40. The first-order valence-electron chi connectivity index (χ1n) is 8.45. The second-order valence-corrected chi connectivity index (χ2v) is 9.84. The molecule has 22 heavy (non-hydrogen) atoms. The van der Waals surface area contributed by atoms with Gasteiger partial charge >= 0.3 is 0 Å². The van der Waals surface area contributed by atoms with Crippen LogP contribution in [-0.2, 0) is 0 Å². The number of rotatable bonds is 6. The van der Waals surface area contributed by atoms with Gasteiger partial charge in [-0.05, 0) is 10.6 Å². The highest BCUT2D eigenvalue weighted by molar-refractivity contribution is 7.55. The van der Waals surface area contributed by atoms with E-state index < -0.39 is 0 Å². The van der Waals surface area contributed by atoms with Crippen molar-refractivity contribution < 1.29 is 0 Å². The number of hydrogen-bond donors (Lipinski definition) is 0. The van der Waals surface area contributed by atoms with Gasteiger partial charge < -0.3 is 0 Å². The van der Waals surface area contributed by atoms with Gasteiger partial charge in [-0.2, -0.15) is 0 Å². The summed E-state index contributed by atoms with van der Waals surface area (Å²) in [4.78, 5) is 0. The molecular weight excluding hydrogens is 298 g/mol. The normalized spacial score (nSPS) is 10.3. The maximum Gasteiger partial charge on any atom is 0.237 e. The van der Waals surface area contributed by atoms with Crippen LogP contribution in [0.5, 0.6) is 0 Å². The fourth-order valence-electron chi connectivity index (χ4n) is 2.14. The molecule has 0 aliphatic carbocycles. The zero-order chi connectivity index (χ0) is 16.2. The van der Waals surface area contributed by atoms with Crippen molar-refractivity contribution in [3.05, 3.63) is 60.7 Å². The molecule has 2 aromatic carbocycles. The van der Waals surface area contributed by atoms with Crippen LogP contribution in [0.15, 0.2) is 60.7 Å². The topological polar surface area (TPSA) is 0 Å². The van der Waals surface area contributed by atoms with E-state index in [9.17, 15) is 0 Å². The van der Waals surface area contributed by atoms with Gasteiger partial charge in [0.25, 0.3) is 0 Å². The summed E-state index contributed by atoms with van der Waals surface area (Å²) in [6, 6.07) is 21.2. The molecule has 118 valence electrons. The summed E-state index contributed by atoms with van der Waals surface area (Å²) in [5.74, 6) is 1.91. The third kappa shape index (κ3) is 10.2. The molecule has 0 fully saturated rings. The van der Waals surface area contributed by atoms with Crippen LogP contribution in [0.3, 0.4) is 0 Å². The van der Waals surface area contributed by atoms with Crippen molar-refractivity contribution in [2.45, 2.75) is 38.3 Å². The van der Waals surface area contributed by atoms with Gasteiger partial charge in [-0.3, -0.25) is 0 Å². The highest BCUT2D eigenvalue weighted by atomic mass is 31.1. The van der Waals surface area contributed by atoms with Crippen LogP contribution in [-0.4, -0.2) is 15.2 Å². The Bertz CT molecular complexity index is 434. The predicted molar refractivity (Wildman–Crippen MR) is 107 cm³/mol. The molecule has 0 bridgehead atoms. The molecule has 0 nitrogen and oxygen atoms in total. The molecule has 0 amide bonds. The molecule has 2 rings (SSSR count). The molecule has 0 aliphatic heterocycles. The molecule has 2 aromatic rings. The molecule has 0 saturated heterocycles. The van der Waals surface area contributed by atoms with Crippen LogP contribution in [0.2, 0.25) is 10.6 Å². The van der Waals surface area contributed by atoms with E-state index in [2.05, 4.69) is 88.4 Å². The maximum absolute atomic E-state index is 2.33. The van der Waals surface area contributed by atoms with Crippen LogP contribution < -0.4 is 10.6 Å². The van der Waals surface area contributed by atoms with Crippen molar-refractivity contribution in [2.75, 3.05) is 0 Å². The summed E-state index contributed by atoms with van der Waals surface area (Å²) in [7, 11) is 0.777. The van der Waals surface area contributed by atoms with Gasteiger partial charge in [0.15, 0.2) is 0 Å². The number of benzene rings is 2. The highest BCUT2D eigenvalue weighted by Crippen LogP contribution is 2.08. The molecule has 0 spiro atoms. The molecular formula is C20H30AlP. The average molecular weight is 328 g/mol. The summed E-state index contributed by atoms with van der Waals surface area (Å²) in [6.07, 6.45) is 0. The SMILES string of the molecule is CC(C)[CH2][AlH][CH2]C(C)C.c1ccc(Pc2ccccc2)cc1. The van der Waals surface area contributed by atoms with E-state index in [4.69, 9.17) is 0 Å². The van der Waals surface area contributed by atoms with Gasteiger partial charge in [0, 0.05) is 0 Å². The standard InChI is InChI=1S/C12H11P.2C4H9.Al.H/c1-3-7-11(8-4-1)13-12-9-5-2-6-10-12;2*1-4(2)3;;/h1-10,13H;2*4H,1H2,2-3H3;;. The first-order chi connectivity index (χ1) is 10.6. The predicted octanol–water partition coefficient (Wildman–Crippen LogP) is 4.89. The minimum atomic E-state index is 0.316. The van der Waals surface area contributed by atoms with Crippen molar-refractivity contribution in [1.82, 2.24) is 0 Å². The van der Waals surface area contributed by atoms with E-state index >= 15 is 0 Å². The Morgan fingerprint density at radius 3 is 1.36 bits per heavy atom. The van der Waals surface area contributed by atoms with Crippen molar-refractivity contribution in [3.8, 4) is 0 Å². The van der Waals surface area contributed by atoms with Crippen LogP contribution in [0, 0.1) is 11.8 Å². The summed E-state index contributed by atoms with van der Waals surface area (Å²) in [5.41, 5.74) is 0. The zero-order valence-electron chi connectivity index (χ0n) is 14.5. The fourth-order valence-corrected chi connectivity index (χ4v) is 5.06. The monoisotopic (exact) mass is 328 g/mol. The lowest BCUT2D eigenvalue weighted by Crippen LogP contribution is -2.01. The summed E-state index contributed by atoms with van der Waals surface area (Å²) in [5, 5.41) is 5.87. The lowest BCUT2D eigenvalue weighted by Gasteiger charge is -2.03. The van der Waals surface area contributed by atoms with Crippen LogP contribution in [0.4, 0.5) is 0 Å². The first-order valence-corrected chi connectivity index (χ1v) is 11.4. The van der Waals surface area contributed by atoms with Gasteiger partial charge in [0.1, 0.15) is 0 Å². The Balaban J connectivity index is 0.000000239. The molecule has 0 atom stereocenters. The summed E-state index contributed by atoms with van der Waals surface area (Å²) in [6.45, 7) is 9.31. The molecule has 0 unspecified atom stereocenters. The first kappa shape index (κ1) is 19.4. The van der Waals surface area contributed by atoms with Crippen LogP contribution in [0.1, 0.15) is 27.7 Å². The van der Waals surface area contributed by atoms with Gasteiger partial charge in [-0.15, -0.1) is 0 Å². The smallest absolute Gasteiger partial charge is 0.0950 e. The lowest BCUT2D eigenvalue weighted by molar-refractivity contribution is 0.700. The van der Waals surface area contributed by atoms with Crippen molar-refractivity contribution >= 4 is 34.4 Å². The number of hydrogen-bond acceptors (Lipinski definition) is 0. The van der Waals surface area contributed by atoms with Gasteiger partial charge in [0.2, 0.25) is 15.2 Å². The van der Waals surface area contributed by atoms with Gasteiger partial charge in [0.05, 0.1) is 0 Å². The average Bonchev–Trinajstić information content (AvgIpc) is 2.49. The van der Waals surface area contributed by atoms with E-state index in [-0.39, 0.29) is 0 Å². The second-order valence-electron chi connectivity index (χ2n) is 6.58. The van der Waals surface area contributed by atoms with E-state index in [0.29, 0.717) is 15.2 Å². The summed E-state index contributed by atoms with van der Waals surface area (Å²) < 4.78 is 0. The minimum absolute atomic E-state index is 0.316. The van der Waals surface area contributed by atoms with Gasteiger partial charge in [-0.1, -0.05) is 119 Å². The Morgan fingerprint density at radius 1 is 0.682 bits per heavy atom. The fraction of sp³-hybridized carbons (Fsp3) is 0.400. The Hall–Kier alpha value is -0.598. The maximum atomic E-state index is 2.33. The van der Waals surface area contributed by atoms with Crippen LogP contribution >= 0.6 is 8.58 Å². The largest absolute Gasteiger partial charge is 0.237 e. The quantitative estimate of drug-likeness (QED) is 0.523. The molecule has 0 saturated carbocycles. The highest BCUT2D eigenvalue weighted by Gasteiger charge is 1.99. The van der Waals surface area contributed by atoms with E-state index in [1.165, 1.54) is 21.2 Å². The molecule has 0 aliphatic rings. The molecule has 0 heterocycles. The molecule has 0 N–H and O–H groups in total. The van der Waals surface area contributed by atoms with E-state index in [1.54, 1.807) is 0 Å². The van der Waals surface area contributed by atoms with Gasteiger partial charge in [-0.25, -0.2) is 0 Å². The molecule has 2 heteroatoms. The van der Waals surface area contributed by atoms with Crippen LogP contribution in [0.25, 0.3) is 0 Å². The van der Waals surface area contributed by atoms with E-state index in [1.807, 2.05) is 0 Å². The molecule has 0 aromatic heterocycles. The van der Waals surface area contributed by atoms with Crippen molar-refractivity contribution in [2.24, 2.45) is 11.8 Å². The molecule has 0 radical (unpaired) electrons. The Labute approximate surface area is 145 Å². The van der Waals surface area contributed by atoms with Crippen molar-refractivity contribution in [3.63, 3.8) is 0 Å². The third-order valence-corrected chi connectivity index (χ3v) is 7.77. The Kier molecular flexibility index (Phi) is 10.5. The minimum Gasteiger partial charge on any atom is -0.0950 e.